The third-order valence-electron chi connectivity index (χ3n) is 10.0. The van der Waals surface area contributed by atoms with E-state index in [-0.39, 0.29) is 37.6 Å². The summed E-state index contributed by atoms with van der Waals surface area (Å²) in [6.45, 7) is 5.22. The normalized spacial score (nSPS) is 42.5. The van der Waals surface area contributed by atoms with Crippen molar-refractivity contribution >= 4 is 23.2 Å². The van der Waals surface area contributed by atoms with E-state index in [0.29, 0.717) is 36.5 Å². The van der Waals surface area contributed by atoms with E-state index in [0.717, 1.165) is 11.1 Å². The first kappa shape index (κ1) is 24.9. The highest BCUT2D eigenvalue weighted by molar-refractivity contribution is 6.30. The lowest BCUT2D eigenvalue weighted by atomic mass is 9.44. The fourth-order valence-corrected chi connectivity index (χ4v) is 8.37. The van der Waals surface area contributed by atoms with Crippen LogP contribution in [0.15, 0.2) is 29.8 Å². The number of ketones is 2. The van der Waals surface area contributed by atoms with Gasteiger partial charge in [-0.1, -0.05) is 31.0 Å². The summed E-state index contributed by atoms with van der Waals surface area (Å²) < 4.78 is 22.9. The first-order chi connectivity index (χ1) is 16.3. The van der Waals surface area contributed by atoms with Crippen molar-refractivity contribution in [3.05, 3.63) is 40.4 Å². The molecule has 190 valence electrons. The Morgan fingerprint density at radius 1 is 1.17 bits per heavy atom. The SMILES string of the molecule is Cc1cc(Cl)cc(OCC(=O)[C@@]2(O)CCC3C4CCC5=CC(=O)CCC5(C)[C@@]4(F)[C@@H](O)CC32C)c1. The van der Waals surface area contributed by atoms with Crippen LogP contribution in [-0.2, 0) is 9.59 Å². The summed E-state index contributed by atoms with van der Waals surface area (Å²) in [6.07, 6.45) is 2.69. The second-order valence-corrected chi connectivity index (χ2v) is 12.1. The lowest BCUT2D eigenvalue weighted by Crippen LogP contribution is -2.69. The summed E-state index contributed by atoms with van der Waals surface area (Å²) in [5, 5.41) is 23.7. The van der Waals surface area contributed by atoms with Gasteiger partial charge in [0.05, 0.1) is 6.10 Å². The summed E-state index contributed by atoms with van der Waals surface area (Å²) in [5.41, 5.74) is -3.81. The molecule has 4 aliphatic carbocycles. The molecule has 7 heteroatoms. The standard InChI is InChI=1S/C28H34ClFO5/c1-16-10-18(29)13-20(11-16)35-15-24(33)27(34)9-7-21-22-5-4-17-12-19(31)6-8-25(17,2)28(22,30)23(32)14-26(21,27)3/h10-13,21-23,32,34H,4-9,14-15H2,1-3H3/t21?,22?,23-,25?,26?,27-,28-/m0/s1. The number of hydrogen-bond donors (Lipinski definition) is 2. The zero-order valence-electron chi connectivity index (χ0n) is 20.6. The highest BCUT2D eigenvalue weighted by Crippen LogP contribution is 2.70. The van der Waals surface area contributed by atoms with Gasteiger partial charge in [0.2, 0.25) is 5.78 Å². The number of hydrogen-bond acceptors (Lipinski definition) is 5. The number of aliphatic hydroxyl groups is 2. The molecule has 4 unspecified atom stereocenters. The molecule has 2 N–H and O–H groups in total. The van der Waals surface area contributed by atoms with Crippen LogP contribution in [0, 0.1) is 29.6 Å². The van der Waals surface area contributed by atoms with Crippen molar-refractivity contribution in [2.24, 2.45) is 22.7 Å². The minimum absolute atomic E-state index is 0.0139. The molecule has 0 radical (unpaired) electrons. The van der Waals surface area contributed by atoms with Crippen molar-refractivity contribution in [3.63, 3.8) is 0 Å². The highest BCUT2D eigenvalue weighted by Gasteiger charge is 2.74. The van der Waals surface area contributed by atoms with E-state index in [1.807, 2.05) is 20.8 Å². The lowest BCUT2D eigenvalue weighted by molar-refractivity contribution is -0.226. The summed E-state index contributed by atoms with van der Waals surface area (Å²) in [4.78, 5) is 25.5. The number of fused-ring (bicyclic) bond motifs is 5. The molecule has 3 saturated carbocycles. The van der Waals surface area contributed by atoms with Gasteiger partial charge in [-0.3, -0.25) is 9.59 Å². The number of aliphatic hydroxyl groups excluding tert-OH is 1. The Balaban J connectivity index is 1.43. The fourth-order valence-electron chi connectivity index (χ4n) is 8.09. The number of carbonyl (C=O) groups excluding carboxylic acids is 2. The van der Waals surface area contributed by atoms with E-state index in [9.17, 15) is 19.8 Å². The van der Waals surface area contributed by atoms with Gasteiger partial charge < -0.3 is 14.9 Å². The number of Topliss-reactive ketones (excluding diaryl/α,β-unsaturated/α-hetero) is 1. The van der Waals surface area contributed by atoms with Crippen LogP contribution in [0.3, 0.4) is 0 Å². The molecule has 0 bridgehead atoms. The maximum atomic E-state index is 17.2. The first-order valence-corrected chi connectivity index (χ1v) is 13.0. The van der Waals surface area contributed by atoms with Crippen LogP contribution >= 0.6 is 11.6 Å². The van der Waals surface area contributed by atoms with E-state index in [1.165, 1.54) is 0 Å². The van der Waals surface area contributed by atoms with Gasteiger partial charge >= 0.3 is 0 Å². The Kier molecular flexibility index (Phi) is 5.78. The molecule has 0 amide bonds. The van der Waals surface area contributed by atoms with E-state index >= 15 is 4.39 Å². The third kappa shape index (κ3) is 3.39. The highest BCUT2D eigenvalue weighted by atomic mass is 35.5. The van der Waals surface area contributed by atoms with Crippen LogP contribution in [0.2, 0.25) is 5.02 Å². The number of carbonyl (C=O) groups is 2. The molecule has 5 rings (SSSR count). The second kappa shape index (κ2) is 8.12. The van der Waals surface area contributed by atoms with Gasteiger partial charge in [-0.15, -0.1) is 0 Å². The maximum absolute atomic E-state index is 17.2. The largest absolute Gasteiger partial charge is 0.486 e. The van der Waals surface area contributed by atoms with Gasteiger partial charge in [-0.05, 0) is 81.2 Å². The van der Waals surface area contributed by atoms with Crippen molar-refractivity contribution in [3.8, 4) is 5.75 Å². The molecule has 0 spiro atoms. The summed E-state index contributed by atoms with van der Waals surface area (Å²) in [6, 6.07) is 5.18. The first-order valence-electron chi connectivity index (χ1n) is 12.6. The van der Waals surface area contributed by atoms with Crippen molar-refractivity contribution < 1.29 is 28.9 Å². The minimum atomic E-state index is -1.90. The average molecular weight is 505 g/mol. The van der Waals surface area contributed by atoms with Crippen molar-refractivity contribution in [2.75, 3.05) is 6.61 Å². The van der Waals surface area contributed by atoms with Gasteiger partial charge in [0.1, 0.15) is 23.6 Å². The van der Waals surface area contributed by atoms with Crippen molar-refractivity contribution in [2.45, 2.75) is 83.1 Å². The van der Waals surface area contributed by atoms with Crippen LogP contribution in [0.4, 0.5) is 4.39 Å². The smallest absolute Gasteiger partial charge is 0.202 e. The fraction of sp³-hybridized carbons (Fsp3) is 0.643. The quantitative estimate of drug-likeness (QED) is 0.608. The van der Waals surface area contributed by atoms with Crippen LogP contribution < -0.4 is 4.74 Å². The van der Waals surface area contributed by atoms with E-state index in [4.69, 9.17) is 16.3 Å². The zero-order valence-corrected chi connectivity index (χ0v) is 21.3. The number of alkyl halides is 1. The Hall–Kier alpha value is -1.76. The number of allylic oxidation sites excluding steroid dienone is 1. The van der Waals surface area contributed by atoms with Crippen molar-refractivity contribution in [1.82, 2.24) is 0 Å². The molecular weight excluding hydrogens is 471 g/mol. The van der Waals surface area contributed by atoms with Gasteiger partial charge in [-0.2, -0.15) is 0 Å². The predicted molar refractivity (Wildman–Crippen MR) is 130 cm³/mol. The third-order valence-corrected chi connectivity index (χ3v) is 10.3. The molecular formula is C28H34ClFO5. The molecule has 3 fully saturated rings. The Labute approximate surface area is 210 Å². The molecule has 5 nitrogen and oxygen atoms in total. The van der Waals surface area contributed by atoms with Crippen LogP contribution in [0.25, 0.3) is 0 Å². The number of halogens is 2. The summed E-state index contributed by atoms with van der Waals surface area (Å²) in [5.74, 6) is -0.737. The molecule has 1 aromatic rings. The van der Waals surface area contributed by atoms with Crippen LogP contribution in [0.1, 0.15) is 64.4 Å². The number of ether oxygens (including phenoxy) is 1. The molecule has 4 aliphatic rings. The zero-order chi connectivity index (χ0) is 25.4. The van der Waals surface area contributed by atoms with Gasteiger partial charge in [0.25, 0.3) is 0 Å². The summed E-state index contributed by atoms with van der Waals surface area (Å²) >= 11 is 6.09. The Morgan fingerprint density at radius 2 is 1.91 bits per heavy atom. The van der Waals surface area contributed by atoms with E-state index < -0.39 is 39.9 Å². The molecule has 0 aromatic heterocycles. The van der Waals surface area contributed by atoms with Crippen LogP contribution in [0.5, 0.6) is 5.75 Å². The molecule has 0 aliphatic heterocycles. The van der Waals surface area contributed by atoms with Crippen LogP contribution in [-0.4, -0.2) is 45.8 Å². The van der Waals surface area contributed by atoms with E-state index in [2.05, 4.69) is 0 Å². The van der Waals surface area contributed by atoms with Gasteiger partial charge in [0, 0.05) is 28.2 Å². The molecule has 35 heavy (non-hydrogen) atoms. The molecule has 7 atom stereocenters. The van der Waals surface area contributed by atoms with Crippen molar-refractivity contribution in [1.29, 1.82) is 0 Å². The maximum Gasteiger partial charge on any atom is 0.202 e. The number of benzene rings is 1. The van der Waals surface area contributed by atoms with Gasteiger partial charge in [0.15, 0.2) is 5.78 Å². The summed E-state index contributed by atoms with van der Waals surface area (Å²) in [7, 11) is 0. The Morgan fingerprint density at radius 3 is 2.63 bits per heavy atom. The molecule has 0 heterocycles. The molecule has 1 aromatic carbocycles. The lowest BCUT2D eigenvalue weighted by Gasteiger charge is -2.63. The Bertz CT molecular complexity index is 1100. The molecule has 0 saturated heterocycles. The van der Waals surface area contributed by atoms with E-state index in [1.54, 1.807) is 24.3 Å². The minimum Gasteiger partial charge on any atom is -0.486 e. The second-order valence-electron chi connectivity index (χ2n) is 11.7. The average Bonchev–Trinajstić information content (AvgIpc) is 3.04. The topological polar surface area (TPSA) is 83.8 Å². The number of aryl methyl sites for hydroxylation is 1. The number of rotatable bonds is 4. The monoisotopic (exact) mass is 504 g/mol. The predicted octanol–water partition coefficient (Wildman–Crippen LogP) is 4.92. The van der Waals surface area contributed by atoms with Gasteiger partial charge in [-0.25, -0.2) is 4.39 Å².